The summed E-state index contributed by atoms with van der Waals surface area (Å²) in [7, 11) is -2.24. The van der Waals surface area contributed by atoms with Gasteiger partial charge in [0.2, 0.25) is 15.9 Å². The highest BCUT2D eigenvalue weighted by Crippen LogP contribution is 2.68. The number of nitrogens with one attached hydrogen (secondary N) is 1. The number of para-hydroxylation sites is 1. The van der Waals surface area contributed by atoms with Crippen molar-refractivity contribution in [1.82, 2.24) is 24.5 Å². The summed E-state index contributed by atoms with van der Waals surface area (Å²) >= 11 is 0. The number of aryl methyl sites for hydroxylation is 2. The minimum absolute atomic E-state index is 0.0133. The molecule has 2 aliphatic rings. The number of anilines is 2. The number of sulfonamides is 1. The smallest absolute Gasteiger partial charge is 0.293 e. The highest BCUT2D eigenvalue weighted by atomic mass is 32.2. The Labute approximate surface area is 286 Å². The topological polar surface area (TPSA) is 164 Å². The van der Waals surface area contributed by atoms with Crippen LogP contribution in [0.25, 0.3) is 22.0 Å². The highest BCUT2D eigenvalue weighted by molar-refractivity contribution is 7.92. The van der Waals surface area contributed by atoms with Crippen LogP contribution in [0, 0.1) is 24.5 Å². The third-order valence-electron chi connectivity index (χ3n) is 9.51. The van der Waals surface area contributed by atoms with E-state index >= 15 is 8.78 Å². The zero-order valence-corrected chi connectivity index (χ0v) is 28.0. The van der Waals surface area contributed by atoms with Gasteiger partial charge >= 0.3 is 0 Å². The zero-order chi connectivity index (χ0) is 36.9. The van der Waals surface area contributed by atoms with Crippen LogP contribution >= 0.6 is 0 Å². The number of pyridine rings is 1. The first kappa shape index (κ1) is 34.3. The maximum absolute atomic E-state index is 15.9. The van der Waals surface area contributed by atoms with Crippen LogP contribution in [0.15, 0.2) is 42.5 Å². The molecule has 4 atom stereocenters. The van der Waals surface area contributed by atoms with Crippen molar-refractivity contribution in [1.29, 1.82) is 0 Å². The zero-order valence-electron chi connectivity index (χ0n) is 27.1. The van der Waals surface area contributed by atoms with E-state index in [1.54, 1.807) is 18.2 Å². The monoisotopic (exact) mass is 732 g/mol. The molecule has 1 saturated carbocycles. The van der Waals surface area contributed by atoms with Gasteiger partial charge in [-0.2, -0.15) is 19.0 Å². The molecule has 3 heterocycles. The van der Waals surface area contributed by atoms with Crippen molar-refractivity contribution in [2.75, 3.05) is 16.7 Å². The van der Waals surface area contributed by atoms with Crippen LogP contribution < -0.4 is 16.2 Å². The molecule has 51 heavy (non-hydrogen) atoms. The number of alkyl halides is 4. The molecule has 1 amide bonds. The van der Waals surface area contributed by atoms with E-state index in [0.29, 0.717) is 27.2 Å². The summed E-state index contributed by atoms with van der Waals surface area (Å²) < 4.78 is 118. The lowest BCUT2D eigenvalue weighted by molar-refractivity contribution is -0.122. The largest absolute Gasteiger partial charge is 0.397 e. The molecule has 3 aromatic heterocycles. The first-order chi connectivity index (χ1) is 23.9. The summed E-state index contributed by atoms with van der Waals surface area (Å²) in [5, 5.41) is 8.55. The fraction of sp³-hybridized carbons (Fsp3) is 0.333. The minimum atomic E-state index is -3.77. The number of primary amides is 1. The second kappa shape index (κ2) is 11.7. The highest BCUT2D eigenvalue weighted by Gasteiger charge is 2.67. The number of nitrogens with two attached hydrogens (primary N) is 2. The molecular weight excluding hydrogens is 702 g/mol. The van der Waals surface area contributed by atoms with Gasteiger partial charge in [0.1, 0.15) is 29.1 Å². The van der Waals surface area contributed by atoms with E-state index in [2.05, 4.69) is 19.9 Å². The van der Waals surface area contributed by atoms with Crippen LogP contribution in [0.4, 0.5) is 37.8 Å². The Morgan fingerprint density at radius 2 is 1.76 bits per heavy atom. The van der Waals surface area contributed by atoms with Crippen molar-refractivity contribution in [3.63, 3.8) is 0 Å². The van der Waals surface area contributed by atoms with Gasteiger partial charge < -0.3 is 11.5 Å². The van der Waals surface area contributed by atoms with Gasteiger partial charge in [-0.3, -0.25) is 19.2 Å². The molecule has 5 N–H and O–H groups in total. The summed E-state index contributed by atoms with van der Waals surface area (Å²) in [6.07, 6.45) is -2.80. The fourth-order valence-electron chi connectivity index (χ4n) is 7.39. The van der Waals surface area contributed by atoms with Gasteiger partial charge in [-0.15, -0.1) is 0 Å². The van der Waals surface area contributed by atoms with Crippen molar-refractivity contribution in [2.24, 2.45) is 18.7 Å². The maximum Gasteiger partial charge on any atom is 0.293 e. The van der Waals surface area contributed by atoms with Gasteiger partial charge in [-0.25, -0.2) is 30.7 Å². The molecule has 1 unspecified atom stereocenters. The standard InChI is InChI=1S/C33H30F6N8O3S/c1-13-23(40)12-19(17-5-4-6-18-27(17)46(2)44-32(18)45-51(3,49)50)25(42-13)21(9-14-7-15(34)10-16(35)8-14)28(31(41)48)47-29-24(26(43-47)30(36)37)20-11-22(20)33(29,38)39/h4-8,10,12,20-22,28,30H,9,11,40H2,1-3H3,(H2,41,48)(H,44,45)/t20-,21+,22+,28?/m0/s1. The average Bonchev–Trinajstić information content (AvgIpc) is 3.56. The Kier molecular flexibility index (Phi) is 7.88. The second-order valence-corrected chi connectivity index (χ2v) is 14.8. The lowest BCUT2D eigenvalue weighted by atomic mass is 9.83. The molecule has 0 bridgehead atoms. The third kappa shape index (κ3) is 5.74. The maximum atomic E-state index is 15.9. The van der Waals surface area contributed by atoms with E-state index in [4.69, 9.17) is 11.5 Å². The first-order valence-electron chi connectivity index (χ1n) is 15.6. The Balaban J connectivity index is 1.52. The number of hydrogen-bond acceptors (Lipinski definition) is 7. The summed E-state index contributed by atoms with van der Waals surface area (Å²) in [5.41, 5.74) is 11.4. The van der Waals surface area contributed by atoms with Gasteiger partial charge in [-0.05, 0) is 55.5 Å². The van der Waals surface area contributed by atoms with E-state index in [-0.39, 0.29) is 46.0 Å². The van der Waals surface area contributed by atoms with Gasteiger partial charge in [0.15, 0.2) is 5.82 Å². The van der Waals surface area contributed by atoms with Crippen LogP contribution in [0.1, 0.15) is 64.6 Å². The third-order valence-corrected chi connectivity index (χ3v) is 10.1. The number of nitrogen functional groups attached to an aromatic ring is 1. The van der Waals surface area contributed by atoms with Crippen molar-refractivity contribution in [3.05, 3.63) is 88.0 Å². The van der Waals surface area contributed by atoms with Gasteiger partial charge in [-0.1, -0.05) is 12.1 Å². The number of halogens is 6. The molecular formula is C33H30F6N8O3S. The molecule has 18 heteroatoms. The van der Waals surface area contributed by atoms with E-state index in [1.807, 2.05) is 0 Å². The Hall–Kier alpha value is -5.13. The summed E-state index contributed by atoms with van der Waals surface area (Å²) in [4.78, 5) is 18.3. The Morgan fingerprint density at radius 3 is 2.39 bits per heavy atom. The van der Waals surface area contributed by atoms with E-state index in [1.165, 1.54) is 24.7 Å². The molecule has 0 radical (unpaired) electrons. The average molecular weight is 733 g/mol. The number of benzene rings is 2. The van der Waals surface area contributed by atoms with Gasteiger partial charge in [0, 0.05) is 47.0 Å². The number of amides is 1. The van der Waals surface area contributed by atoms with Crippen molar-refractivity contribution >= 4 is 38.3 Å². The first-order valence-corrected chi connectivity index (χ1v) is 17.5. The number of aromatic nitrogens is 5. The molecule has 2 aromatic carbocycles. The number of carbonyl (C=O) groups excluding carboxylic acids is 1. The number of carbonyl (C=O) groups is 1. The normalized spacial score (nSPS) is 18.9. The number of rotatable bonds is 10. The quantitative estimate of drug-likeness (QED) is 0.158. The molecule has 11 nitrogen and oxygen atoms in total. The van der Waals surface area contributed by atoms with Crippen LogP contribution in [0.2, 0.25) is 0 Å². The van der Waals surface area contributed by atoms with Gasteiger partial charge in [0.25, 0.3) is 12.3 Å². The van der Waals surface area contributed by atoms with Crippen LogP contribution in [0.5, 0.6) is 0 Å². The summed E-state index contributed by atoms with van der Waals surface area (Å²) in [6, 6.07) is 6.92. The minimum Gasteiger partial charge on any atom is -0.397 e. The SMILES string of the molecule is Cc1nc([C@@H](Cc2cc(F)cc(F)c2)C(C(N)=O)n2nc(C(F)F)c3c2C(F)(F)[C@@H]2C[C@H]32)c(-c2cccc3c(NS(C)(=O)=O)nn(C)c23)cc1N. The molecule has 5 aromatic rings. The number of fused-ring (bicyclic) bond motifs is 4. The van der Waals surface area contributed by atoms with Crippen molar-refractivity contribution in [2.45, 2.75) is 50.0 Å². The van der Waals surface area contributed by atoms with Crippen LogP contribution in [-0.2, 0) is 34.2 Å². The van der Waals surface area contributed by atoms with Crippen LogP contribution in [-0.4, -0.2) is 45.1 Å². The Morgan fingerprint density at radius 1 is 1.08 bits per heavy atom. The fourth-order valence-corrected chi connectivity index (χ4v) is 7.89. The molecule has 0 saturated heterocycles. The van der Waals surface area contributed by atoms with Crippen LogP contribution in [0.3, 0.4) is 0 Å². The summed E-state index contributed by atoms with van der Waals surface area (Å²) in [6.45, 7) is 1.53. The number of nitrogens with zero attached hydrogens (tertiary/aromatic N) is 5. The lowest BCUT2D eigenvalue weighted by Gasteiger charge is -2.30. The molecule has 7 rings (SSSR count). The predicted octanol–water partition coefficient (Wildman–Crippen LogP) is 5.57. The number of hydrogen-bond donors (Lipinski definition) is 3. The van der Waals surface area contributed by atoms with E-state index < -0.39 is 81.5 Å². The Bertz CT molecular complexity index is 2360. The predicted molar refractivity (Wildman–Crippen MR) is 175 cm³/mol. The molecule has 2 aliphatic carbocycles. The molecule has 0 spiro atoms. The second-order valence-electron chi connectivity index (χ2n) is 13.0. The summed E-state index contributed by atoms with van der Waals surface area (Å²) in [5.74, 6) is -10.5. The van der Waals surface area contributed by atoms with E-state index in [0.717, 1.165) is 18.4 Å². The molecule has 268 valence electrons. The van der Waals surface area contributed by atoms with Crippen molar-refractivity contribution < 1.29 is 39.6 Å². The van der Waals surface area contributed by atoms with Crippen molar-refractivity contribution in [3.8, 4) is 11.1 Å². The van der Waals surface area contributed by atoms with E-state index in [9.17, 15) is 30.8 Å². The molecule has 1 fully saturated rings. The molecule has 0 aliphatic heterocycles. The van der Waals surface area contributed by atoms with Gasteiger partial charge in [0.05, 0.1) is 28.8 Å². The lowest BCUT2D eigenvalue weighted by Crippen LogP contribution is -2.37.